The van der Waals surface area contributed by atoms with Gasteiger partial charge in [0.1, 0.15) is 5.75 Å². The first-order valence-corrected chi connectivity index (χ1v) is 8.02. The Morgan fingerprint density at radius 1 is 1.04 bits per heavy atom. The highest BCUT2D eigenvalue weighted by Crippen LogP contribution is 2.19. The van der Waals surface area contributed by atoms with Gasteiger partial charge in [0.15, 0.2) is 0 Å². The molecule has 0 spiro atoms. The fraction of sp³-hybridized carbons (Fsp3) is 0. The molecule has 2 N–H and O–H groups in total. The molecule has 0 atom stereocenters. The normalized spacial score (nSPS) is 11.0. The van der Waals surface area contributed by atoms with Gasteiger partial charge in [-0.3, -0.25) is 4.79 Å². The van der Waals surface area contributed by atoms with E-state index in [2.05, 4.69) is 10.5 Å². The van der Waals surface area contributed by atoms with Gasteiger partial charge in [-0.25, -0.2) is 5.43 Å². The largest absolute Gasteiger partial charge is 0.507 e. The van der Waals surface area contributed by atoms with Gasteiger partial charge in [0, 0.05) is 5.56 Å². The van der Waals surface area contributed by atoms with Crippen LogP contribution in [0.5, 0.6) is 5.75 Å². The number of fused-ring (bicyclic) bond motifs is 1. The van der Waals surface area contributed by atoms with Crippen LogP contribution in [-0.4, -0.2) is 17.2 Å². The molecule has 5 heteroatoms. The van der Waals surface area contributed by atoms with Crippen molar-refractivity contribution in [3.05, 3.63) is 75.4 Å². The summed E-state index contributed by atoms with van der Waals surface area (Å²) < 4.78 is 0.729. The lowest BCUT2D eigenvalue weighted by atomic mass is 10.1. The van der Waals surface area contributed by atoms with Gasteiger partial charge in [0.25, 0.3) is 5.91 Å². The van der Waals surface area contributed by atoms with Crippen LogP contribution >= 0.6 is 22.6 Å². The van der Waals surface area contributed by atoms with E-state index in [4.69, 9.17) is 0 Å². The molecule has 0 fully saturated rings. The Kier molecular flexibility index (Phi) is 4.57. The van der Waals surface area contributed by atoms with E-state index in [9.17, 15) is 9.90 Å². The molecule has 0 aliphatic heterocycles. The number of nitrogens with one attached hydrogen (secondary N) is 1. The molecule has 0 radical (unpaired) electrons. The van der Waals surface area contributed by atoms with Gasteiger partial charge in [-0.05, 0) is 69.3 Å². The maximum atomic E-state index is 12.1. The molecule has 114 valence electrons. The molecule has 0 heterocycles. The maximum absolute atomic E-state index is 12.1. The summed E-state index contributed by atoms with van der Waals surface area (Å²) in [4.78, 5) is 12.1. The number of hydrogen-bond donors (Lipinski definition) is 2. The highest BCUT2D eigenvalue weighted by Gasteiger charge is 2.05. The van der Waals surface area contributed by atoms with Crippen LogP contribution in [0.1, 0.15) is 15.9 Å². The molecule has 0 aliphatic rings. The first-order chi connectivity index (χ1) is 11.1. The summed E-state index contributed by atoms with van der Waals surface area (Å²) in [6.45, 7) is 0. The van der Waals surface area contributed by atoms with Crippen molar-refractivity contribution in [2.45, 2.75) is 0 Å². The van der Waals surface area contributed by atoms with Crippen LogP contribution in [0.2, 0.25) is 0 Å². The average molecular weight is 416 g/mol. The fourth-order valence-electron chi connectivity index (χ4n) is 2.16. The summed E-state index contributed by atoms with van der Waals surface area (Å²) in [5.41, 5.74) is 3.87. The lowest BCUT2D eigenvalue weighted by molar-refractivity contribution is 0.0955. The standard InChI is InChI=1S/C18H13IN2O2/c19-16-9-12(5-8-17(16)22)11-20-21-18(23)15-7-6-13-3-1-2-4-14(13)10-15/h1-11,22H,(H,21,23)/b20-11-. The van der Waals surface area contributed by atoms with Crippen molar-refractivity contribution >= 4 is 45.5 Å². The van der Waals surface area contributed by atoms with E-state index in [1.54, 1.807) is 30.5 Å². The van der Waals surface area contributed by atoms with Gasteiger partial charge in [0.05, 0.1) is 9.78 Å². The zero-order valence-corrected chi connectivity index (χ0v) is 14.2. The number of aromatic hydroxyl groups is 1. The van der Waals surface area contributed by atoms with Crippen LogP contribution in [0, 0.1) is 3.57 Å². The van der Waals surface area contributed by atoms with Crippen molar-refractivity contribution in [3.63, 3.8) is 0 Å². The Balaban J connectivity index is 1.72. The first kappa shape index (κ1) is 15.5. The van der Waals surface area contributed by atoms with Crippen LogP contribution in [0.4, 0.5) is 0 Å². The number of halogens is 1. The molecule has 0 aliphatic carbocycles. The average Bonchev–Trinajstić information content (AvgIpc) is 2.57. The Morgan fingerprint density at radius 2 is 1.83 bits per heavy atom. The quantitative estimate of drug-likeness (QED) is 0.387. The Hall–Kier alpha value is -2.41. The zero-order valence-electron chi connectivity index (χ0n) is 12.0. The second-order valence-electron chi connectivity index (χ2n) is 4.97. The highest BCUT2D eigenvalue weighted by atomic mass is 127. The summed E-state index contributed by atoms with van der Waals surface area (Å²) in [6, 6.07) is 18.5. The third-order valence-corrected chi connectivity index (χ3v) is 4.23. The summed E-state index contributed by atoms with van der Waals surface area (Å²) in [5, 5.41) is 15.5. The molecule has 3 rings (SSSR count). The topological polar surface area (TPSA) is 61.7 Å². The highest BCUT2D eigenvalue weighted by molar-refractivity contribution is 14.1. The van der Waals surface area contributed by atoms with Crippen LogP contribution in [0.25, 0.3) is 10.8 Å². The Morgan fingerprint density at radius 3 is 2.61 bits per heavy atom. The van der Waals surface area contributed by atoms with Crippen LogP contribution < -0.4 is 5.43 Å². The third kappa shape index (κ3) is 3.68. The van der Waals surface area contributed by atoms with Crippen molar-refractivity contribution in [2.75, 3.05) is 0 Å². The lowest BCUT2D eigenvalue weighted by Gasteiger charge is -2.03. The van der Waals surface area contributed by atoms with Crippen LogP contribution in [-0.2, 0) is 0 Å². The Labute approximate surface area is 147 Å². The minimum Gasteiger partial charge on any atom is -0.507 e. The van der Waals surface area contributed by atoms with Gasteiger partial charge in [-0.15, -0.1) is 0 Å². The summed E-state index contributed by atoms with van der Waals surface area (Å²) in [7, 11) is 0. The van der Waals surface area contributed by atoms with Gasteiger partial charge >= 0.3 is 0 Å². The summed E-state index contributed by atoms with van der Waals surface area (Å²) in [5.74, 6) is -0.0385. The lowest BCUT2D eigenvalue weighted by Crippen LogP contribution is -2.17. The minimum absolute atomic E-state index is 0.225. The number of benzene rings is 3. The number of phenolic OH excluding ortho intramolecular Hbond substituents is 1. The number of carbonyl (C=O) groups excluding carboxylic acids is 1. The molecule has 0 saturated heterocycles. The number of amides is 1. The van der Waals surface area contributed by atoms with Crippen LogP contribution in [0.3, 0.4) is 0 Å². The van der Waals surface area contributed by atoms with Crippen molar-refractivity contribution in [1.29, 1.82) is 0 Å². The summed E-state index contributed by atoms with van der Waals surface area (Å²) >= 11 is 2.03. The minimum atomic E-state index is -0.263. The number of rotatable bonds is 3. The van der Waals surface area contributed by atoms with E-state index in [-0.39, 0.29) is 11.7 Å². The predicted molar refractivity (Wildman–Crippen MR) is 99.8 cm³/mol. The van der Waals surface area contributed by atoms with E-state index in [1.807, 2.05) is 59.0 Å². The SMILES string of the molecule is O=C(N/N=C\c1ccc(O)c(I)c1)c1ccc2ccccc2c1. The van der Waals surface area contributed by atoms with E-state index in [0.717, 1.165) is 19.9 Å². The number of hydrogen-bond acceptors (Lipinski definition) is 3. The Bertz CT molecular complexity index is 906. The molecule has 0 aromatic heterocycles. The van der Waals surface area contributed by atoms with Gasteiger partial charge in [0.2, 0.25) is 0 Å². The molecule has 1 amide bonds. The third-order valence-electron chi connectivity index (χ3n) is 3.36. The van der Waals surface area contributed by atoms with Crippen molar-refractivity contribution in [3.8, 4) is 5.75 Å². The van der Waals surface area contributed by atoms with Crippen LogP contribution in [0.15, 0.2) is 65.8 Å². The molecular formula is C18H13IN2O2. The van der Waals surface area contributed by atoms with E-state index >= 15 is 0 Å². The zero-order chi connectivity index (χ0) is 16.2. The molecule has 0 saturated carbocycles. The number of nitrogens with zero attached hydrogens (tertiary/aromatic N) is 1. The van der Waals surface area contributed by atoms with E-state index in [0.29, 0.717) is 5.56 Å². The number of phenols is 1. The second-order valence-corrected chi connectivity index (χ2v) is 6.13. The van der Waals surface area contributed by atoms with Gasteiger partial charge < -0.3 is 5.11 Å². The molecule has 4 nitrogen and oxygen atoms in total. The summed E-state index contributed by atoms with van der Waals surface area (Å²) in [6.07, 6.45) is 1.54. The molecular weight excluding hydrogens is 403 g/mol. The fourth-order valence-corrected chi connectivity index (χ4v) is 2.70. The monoisotopic (exact) mass is 416 g/mol. The van der Waals surface area contributed by atoms with E-state index in [1.165, 1.54) is 0 Å². The van der Waals surface area contributed by atoms with Crippen molar-refractivity contribution in [2.24, 2.45) is 5.10 Å². The predicted octanol–water partition coefficient (Wildman–Crippen LogP) is 3.91. The molecule has 0 unspecified atom stereocenters. The van der Waals surface area contributed by atoms with Crippen molar-refractivity contribution < 1.29 is 9.90 Å². The molecule has 23 heavy (non-hydrogen) atoms. The number of hydrazone groups is 1. The van der Waals surface area contributed by atoms with E-state index < -0.39 is 0 Å². The first-order valence-electron chi connectivity index (χ1n) is 6.94. The molecule has 3 aromatic carbocycles. The number of carbonyl (C=O) groups is 1. The molecule has 0 bridgehead atoms. The van der Waals surface area contributed by atoms with Crippen molar-refractivity contribution in [1.82, 2.24) is 5.43 Å². The second kappa shape index (κ2) is 6.78. The smallest absolute Gasteiger partial charge is 0.271 e. The van der Waals surface area contributed by atoms with Gasteiger partial charge in [-0.2, -0.15) is 5.10 Å². The van der Waals surface area contributed by atoms with Gasteiger partial charge in [-0.1, -0.05) is 30.3 Å². The molecule has 3 aromatic rings. The maximum Gasteiger partial charge on any atom is 0.271 e.